The Morgan fingerprint density at radius 1 is 0.462 bits per heavy atom. The van der Waals surface area contributed by atoms with Gasteiger partial charge < -0.3 is 0 Å². The average Bonchev–Trinajstić information content (AvgIpc) is 3.15. The Kier molecular flexibility index (Phi) is 4.44. The van der Waals surface area contributed by atoms with Crippen LogP contribution in [0.1, 0.15) is 0 Å². The third-order valence-corrected chi connectivity index (χ3v) is 4.51. The van der Waals surface area contributed by atoms with E-state index in [0.717, 1.165) is 22.3 Å². The Labute approximate surface area is 153 Å². The quantitative estimate of drug-likeness (QED) is 0.651. The van der Waals surface area contributed by atoms with Crippen LogP contribution in [0.3, 0.4) is 0 Å². The van der Waals surface area contributed by atoms with Crippen molar-refractivity contribution in [1.29, 1.82) is 0 Å². The van der Waals surface area contributed by atoms with E-state index >= 15 is 0 Å². The van der Waals surface area contributed by atoms with Gasteiger partial charge in [0.15, 0.2) is 5.78 Å². The van der Waals surface area contributed by atoms with Gasteiger partial charge in [0.1, 0.15) is 0 Å². The Morgan fingerprint density at radius 2 is 0.885 bits per heavy atom. The van der Waals surface area contributed by atoms with E-state index in [1.807, 2.05) is 109 Å². The number of rotatable bonds is 2. The molecule has 0 unspecified atom stereocenters. The fourth-order valence-corrected chi connectivity index (χ4v) is 3.25. The van der Waals surface area contributed by atoms with Gasteiger partial charge in [-0.05, 0) is 22.3 Å². The molecule has 0 amide bonds. The molecule has 26 heavy (non-hydrogen) atoms. The van der Waals surface area contributed by atoms with Crippen LogP contribution in [-0.2, 0) is 4.79 Å². The molecule has 4 aliphatic rings. The molecule has 0 spiro atoms. The minimum Gasteiger partial charge on any atom is -0.289 e. The van der Waals surface area contributed by atoms with Gasteiger partial charge in [-0.1, -0.05) is 109 Å². The van der Waals surface area contributed by atoms with E-state index in [-0.39, 0.29) is 5.78 Å². The summed E-state index contributed by atoms with van der Waals surface area (Å²) in [5, 5.41) is 0. The molecule has 0 heterocycles. The maximum atomic E-state index is 13.6. The molecule has 0 aromatic carbocycles. The predicted octanol–water partition coefficient (Wildman–Crippen LogP) is 5.51. The summed E-state index contributed by atoms with van der Waals surface area (Å²) >= 11 is 0. The Hall–Kier alpha value is -3.45. The summed E-state index contributed by atoms with van der Waals surface area (Å²) in [7, 11) is 0. The van der Waals surface area contributed by atoms with Crippen molar-refractivity contribution < 1.29 is 4.79 Å². The molecule has 0 aromatic heterocycles. The van der Waals surface area contributed by atoms with Gasteiger partial charge in [0.2, 0.25) is 0 Å². The molecule has 4 aliphatic carbocycles. The molecule has 0 aliphatic heterocycles. The van der Waals surface area contributed by atoms with E-state index in [0.29, 0.717) is 11.1 Å². The standard InChI is InChI=1S/C25H18O/c26-25(23-17-9-7-13-19-11-3-1-5-15-21(19)23)24-18-10-8-14-20-12-4-2-6-16-22(20)24/h1-18H. The molecule has 1 nitrogen and oxygen atoms in total. The van der Waals surface area contributed by atoms with Crippen molar-refractivity contribution in [3.8, 4) is 0 Å². The number of hydrogen-bond donors (Lipinski definition) is 0. The summed E-state index contributed by atoms with van der Waals surface area (Å²) in [6, 6.07) is 0. The zero-order chi connectivity index (χ0) is 17.8. The summed E-state index contributed by atoms with van der Waals surface area (Å²) in [6.07, 6.45) is 35.7. The highest BCUT2D eigenvalue weighted by Crippen LogP contribution is 2.30. The van der Waals surface area contributed by atoms with Crippen molar-refractivity contribution in [1.82, 2.24) is 0 Å². The lowest BCUT2D eigenvalue weighted by molar-refractivity contribution is -0.111. The first kappa shape index (κ1) is 16.0. The number of Topliss-reactive ketones (excluding diaryl/α,β-unsaturated/α-hetero) is 1. The lowest BCUT2D eigenvalue weighted by atomic mass is 9.90. The molecule has 1 heteroatoms. The normalized spacial score (nSPS) is 20.2. The van der Waals surface area contributed by atoms with Gasteiger partial charge in [0.25, 0.3) is 0 Å². The lowest BCUT2D eigenvalue weighted by Crippen LogP contribution is -2.09. The monoisotopic (exact) mass is 334 g/mol. The molecular weight excluding hydrogens is 316 g/mol. The van der Waals surface area contributed by atoms with Gasteiger partial charge in [-0.3, -0.25) is 4.79 Å². The second-order valence-electron chi connectivity index (χ2n) is 6.15. The highest BCUT2D eigenvalue weighted by molar-refractivity contribution is 6.14. The van der Waals surface area contributed by atoms with E-state index in [4.69, 9.17) is 0 Å². The Balaban J connectivity index is 1.89. The van der Waals surface area contributed by atoms with Crippen LogP contribution in [0.4, 0.5) is 0 Å². The van der Waals surface area contributed by atoms with Crippen LogP contribution in [0.5, 0.6) is 0 Å². The summed E-state index contributed by atoms with van der Waals surface area (Å²) < 4.78 is 0. The summed E-state index contributed by atoms with van der Waals surface area (Å²) in [5.41, 5.74) is 5.40. The number of carbonyl (C=O) groups is 1. The second-order valence-corrected chi connectivity index (χ2v) is 6.15. The van der Waals surface area contributed by atoms with Gasteiger partial charge in [0.05, 0.1) is 0 Å². The third-order valence-electron chi connectivity index (χ3n) is 4.51. The van der Waals surface area contributed by atoms with Crippen LogP contribution < -0.4 is 0 Å². The molecule has 0 fully saturated rings. The first-order valence-corrected chi connectivity index (χ1v) is 8.68. The molecule has 0 bridgehead atoms. The topological polar surface area (TPSA) is 17.1 Å². The number of fused-ring (bicyclic) bond motifs is 2. The van der Waals surface area contributed by atoms with E-state index < -0.39 is 0 Å². The molecule has 4 rings (SSSR count). The van der Waals surface area contributed by atoms with E-state index in [2.05, 4.69) is 0 Å². The van der Waals surface area contributed by atoms with Crippen molar-refractivity contribution >= 4 is 5.78 Å². The van der Waals surface area contributed by atoms with Crippen molar-refractivity contribution in [2.75, 3.05) is 0 Å². The maximum absolute atomic E-state index is 13.6. The zero-order valence-corrected chi connectivity index (χ0v) is 14.3. The fourth-order valence-electron chi connectivity index (χ4n) is 3.25. The van der Waals surface area contributed by atoms with E-state index in [1.54, 1.807) is 0 Å². The summed E-state index contributed by atoms with van der Waals surface area (Å²) in [6.45, 7) is 0. The predicted molar refractivity (Wildman–Crippen MR) is 108 cm³/mol. The summed E-state index contributed by atoms with van der Waals surface area (Å²) in [5.74, 6) is 0.0322. The van der Waals surface area contributed by atoms with Gasteiger partial charge in [-0.25, -0.2) is 0 Å². The minimum atomic E-state index is 0.0322. The molecule has 0 atom stereocenters. The molecule has 124 valence electrons. The number of hydrogen-bond acceptors (Lipinski definition) is 1. The molecular formula is C25H18O. The highest BCUT2D eigenvalue weighted by Gasteiger charge is 2.21. The van der Waals surface area contributed by atoms with Crippen LogP contribution in [0.25, 0.3) is 0 Å². The molecule has 0 saturated heterocycles. The highest BCUT2D eigenvalue weighted by atomic mass is 16.1. The van der Waals surface area contributed by atoms with Gasteiger partial charge in [-0.2, -0.15) is 0 Å². The van der Waals surface area contributed by atoms with Gasteiger partial charge in [0, 0.05) is 11.1 Å². The van der Waals surface area contributed by atoms with E-state index in [9.17, 15) is 4.79 Å². The fraction of sp³-hybridized carbons (Fsp3) is 0. The Morgan fingerprint density at radius 3 is 1.38 bits per heavy atom. The molecule has 0 N–H and O–H groups in total. The number of allylic oxidation sites excluding steroid dienone is 24. The number of carbonyl (C=O) groups excluding carboxylic acids is 1. The van der Waals surface area contributed by atoms with Crippen molar-refractivity contribution in [3.05, 3.63) is 143 Å². The first-order valence-electron chi connectivity index (χ1n) is 8.68. The maximum Gasteiger partial charge on any atom is 0.194 e. The van der Waals surface area contributed by atoms with Gasteiger partial charge in [-0.15, -0.1) is 0 Å². The third kappa shape index (κ3) is 3.07. The van der Waals surface area contributed by atoms with Crippen LogP contribution in [0.2, 0.25) is 0 Å². The average molecular weight is 334 g/mol. The zero-order valence-electron chi connectivity index (χ0n) is 14.3. The molecule has 0 radical (unpaired) electrons. The SMILES string of the molecule is O=C(C1=C2C=CC=CC=C2C=CC=C1)C1=C2C=CC=CC=C2C=CC=C1. The summed E-state index contributed by atoms with van der Waals surface area (Å²) in [4.78, 5) is 13.6. The van der Waals surface area contributed by atoms with E-state index in [1.165, 1.54) is 0 Å². The molecule has 0 saturated carbocycles. The van der Waals surface area contributed by atoms with Crippen LogP contribution in [0.15, 0.2) is 143 Å². The second kappa shape index (κ2) is 7.20. The molecule has 0 aromatic rings. The largest absolute Gasteiger partial charge is 0.289 e. The number of ketones is 1. The van der Waals surface area contributed by atoms with Crippen molar-refractivity contribution in [3.63, 3.8) is 0 Å². The van der Waals surface area contributed by atoms with Crippen molar-refractivity contribution in [2.45, 2.75) is 0 Å². The van der Waals surface area contributed by atoms with Crippen molar-refractivity contribution in [2.24, 2.45) is 0 Å². The van der Waals surface area contributed by atoms with Crippen LogP contribution in [0, 0.1) is 0 Å². The smallest absolute Gasteiger partial charge is 0.194 e. The van der Waals surface area contributed by atoms with Crippen LogP contribution >= 0.6 is 0 Å². The van der Waals surface area contributed by atoms with Crippen LogP contribution in [-0.4, -0.2) is 5.78 Å². The van der Waals surface area contributed by atoms with Gasteiger partial charge >= 0.3 is 0 Å². The first-order chi connectivity index (χ1) is 12.8. The minimum absolute atomic E-state index is 0.0322. The lowest BCUT2D eigenvalue weighted by Gasteiger charge is -2.12. The Bertz CT molecular complexity index is 934.